The van der Waals surface area contributed by atoms with E-state index in [9.17, 15) is 4.79 Å². The molecule has 2 heterocycles. The summed E-state index contributed by atoms with van der Waals surface area (Å²) in [6.07, 6.45) is 18.7. The first-order valence-corrected chi connectivity index (χ1v) is 8.51. The summed E-state index contributed by atoms with van der Waals surface area (Å²) in [6.45, 7) is 0. The Hall–Kier alpha value is -4.13. The third-order valence-electron chi connectivity index (χ3n) is 3.77. The molecular formula is C21H19N5O2. The van der Waals surface area contributed by atoms with Crippen LogP contribution in [-0.4, -0.2) is 27.3 Å². The third-order valence-corrected chi connectivity index (χ3v) is 3.77. The number of fused-ring (bicyclic) bond motifs is 3. The number of benzene rings is 1. The molecule has 0 saturated carbocycles. The molecule has 1 aliphatic heterocycles. The molecule has 0 unspecified atom stereocenters. The van der Waals surface area contributed by atoms with Crippen LogP contribution in [0.4, 0.5) is 4.79 Å². The smallest absolute Gasteiger partial charge is 0.415 e. The van der Waals surface area contributed by atoms with Crippen molar-refractivity contribution in [2.75, 3.05) is 0 Å². The van der Waals surface area contributed by atoms with E-state index in [2.05, 4.69) is 20.6 Å². The Balaban J connectivity index is 2.03. The van der Waals surface area contributed by atoms with Gasteiger partial charge in [0.2, 0.25) is 0 Å². The summed E-state index contributed by atoms with van der Waals surface area (Å²) in [5.41, 5.74) is 0.896. The predicted molar refractivity (Wildman–Crippen MR) is 111 cm³/mol. The number of pyridine rings is 1. The number of amides is 1. The van der Waals surface area contributed by atoms with Gasteiger partial charge in [-0.05, 0) is 18.2 Å². The summed E-state index contributed by atoms with van der Waals surface area (Å²) in [5, 5.41) is 17.8. The lowest BCUT2D eigenvalue weighted by atomic mass is 10.1. The molecule has 1 aromatic heterocycles. The number of aliphatic imine (C=N–C) groups is 1. The van der Waals surface area contributed by atoms with E-state index >= 15 is 0 Å². The number of nitrogens with zero attached hydrogens (tertiary/aromatic N) is 3. The third kappa shape index (κ3) is 4.95. The number of hydrogen-bond donors (Lipinski definition) is 3. The summed E-state index contributed by atoms with van der Waals surface area (Å²) in [7, 11) is 0. The van der Waals surface area contributed by atoms with Gasteiger partial charge in [-0.2, -0.15) is 0 Å². The van der Waals surface area contributed by atoms with Gasteiger partial charge >= 0.3 is 6.09 Å². The van der Waals surface area contributed by atoms with Crippen molar-refractivity contribution in [1.82, 2.24) is 20.5 Å². The Morgan fingerprint density at radius 1 is 1.00 bits per heavy atom. The van der Waals surface area contributed by atoms with Crippen molar-refractivity contribution in [3.05, 3.63) is 90.3 Å². The van der Waals surface area contributed by atoms with Crippen LogP contribution in [0.5, 0.6) is 0 Å². The maximum Gasteiger partial charge on any atom is 0.415 e. The molecule has 1 aromatic carbocycles. The number of carboxylic acid groups (broad SMARTS) is 1. The van der Waals surface area contributed by atoms with Crippen molar-refractivity contribution in [3.8, 4) is 0 Å². The van der Waals surface area contributed by atoms with E-state index in [0.29, 0.717) is 0 Å². The molecule has 0 radical (unpaired) electrons. The minimum atomic E-state index is -1.10. The summed E-state index contributed by atoms with van der Waals surface area (Å²) >= 11 is 0. The second kappa shape index (κ2) is 9.54. The summed E-state index contributed by atoms with van der Waals surface area (Å²) in [6, 6.07) is 7.89. The van der Waals surface area contributed by atoms with Crippen LogP contribution in [-0.2, 0) is 0 Å². The van der Waals surface area contributed by atoms with Gasteiger partial charge in [0.15, 0.2) is 0 Å². The molecule has 0 aliphatic carbocycles. The number of rotatable bonds is 0. The van der Waals surface area contributed by atoms with Crippen LogP contribution in [0.1, 0.15) is 0 Å². The van der Waals surface area contributed by atoms with E-state index in [1.165, 1.54) is 24.8 Å². The number of hydrogen-bond acceptors (Lipinski definition) is 5. The average Bonchev–Trinajstić information content (AvgIpc) is 2.71. The predicted octanol–water partition coefficient (Wildman–Crippen LogP) is 1.97. The topological polar surface area (TPSA) is 89.9 Å². The lowest BCUT2D eigenvalue weighted by molar-refractivity contribution is 0.175. The summed E-state index contributed by atoms with van der Waals surface area (Å²) < 4.78 is 0. The summed E-state index contributed by atoms with van der Waals surface area (Å²) in [4.78, 5) is 21.0. The molecule has 0 spiro atoms. The van der Waals surface area contributed by atoms with Crippen molar-refractivity contribution >= 4 is 35.5 Å². The largest absolute Gasteiger partial charge is 0.464 e. The second-order valence-electron chi connectivity index (χ2n) is 5.61. The minimum Gasteiger partial charge on any atom is -0.464 e. The lowest BCUT2D eigenvalue weighted by Crippen LogP contribution is -2.25. The highest BCUT2D eigenvalue weighted by atomic mass is 16.4. The van der Waals surface area contributed by atoms with Gasteiger partial charge in [-0.3, -0.25) is 14.9 Å². The van der Waals surface area contributed by atoms with Gasteiger partial charge in [-0.1, -0.05) is 24.3 Å². The Morgan fingerprint density at radius 2 is 1.75 bits per heavy atom. The molecule has 0 atom stereocenters. The number of aromatic nitrogens is 1. The Morgan fingerprint density at radius 3 is 2.54 bits per heavy atom. The first-order chi connectivity index (χ1) is 13.8. The standard InChI is InChI=1S/C21H19N5O2/c27-21(28)26-13-11-22-8-3-5-17-15-25-20-7-2-1-6-18(20)19(17)16-24-10-4-9-23-12-14-26/h1-16,22-23H,(H,27,28). The highest BCUT2D eigenvalue weighted by molar-refractivity contribution is 5.81. The summed E-state index contributed by atoms with van der Waals surface area (Å²) in [5.74, 6) is 0. The number of para-hydroxylation sites is 1. The maximum absolute atomic E-state index is 11.2. The highest BCUT2D eigenvalue weighted by Crippen LogP contribution is 2.03. The lowest BCUT2D eigenvalue weighted by Gasteiger charge is -2.07. The molecule has 7 heteroatoms. The quantitative estimate of drug-likeness (QED) is 0.657. The van der Waals surface area contributed by atoms with Crippen LogP contribution in [0.3, 0.4) is 0 Å². The van der Waals surface area contributed by atoms with Crippen LogP contribution in [0.25, 0.3) is 23.2 Å². The molecule has 0 fully saturated rings. The monoisotopic (exact) mass is 373 g/mol. The van der Waals surface area contributed by atoms with Gasteiger partial charge in [0.05, 0.1) is 5.52 Å². The molecule has 1 amide bonds. The number of allylic oxidation sites excluding steroid dienone is 2. The van der Waals surface area contributed by atoms with Crippen molar-refractivity contribution in [2.24, 2.45) is 4.99 Å². The van der Waals surface area contributed by atoms with E-state index in [1.807, 2.05) is 36.4 Å². The fourth-order valence-corrected chi connectivity index (χ4v) is 2.46. The van der Waals surface area contributed by atoms with E-state index in [-0.39, 0.29) is 0 Å². The van der Waals surface area contributed by atoms with Crippen molar-refractivity contribution < 1.29 is 9.90 Å². The number of carbonyl (C=O) groups is 1. The van der Waals surface area contributed by atoms with E-state index < -0.39 is 6.09 Å². The fourth-order valence-electron chi connectivity index (χ4n) is 2.46. The van der Waals surface area contributed by atoms with E-state index in [4.69, 9.17) is 5.11 Å². The highest BCUT2D eigenvalue weighted by Gasteiger charge is 2.02. The normalized spacial score (nSPS) is 14.4. The second-order valence-corrected chi connectivity index (χ2v) is 5.61. The van der Waals surface area contributed by atoms with Gasteiger partial charge < -0.3 is 15.7 Å². The van der Waals surface area contributed by atoms with Crippen LogP contribution in [0.15, 0.2) is 84.8 Å². The Labute approximate surface area is 161 Å². The van der Waals surface area contributed by atoms with Gasteiger partial charge in [-0.15, -0.1) is 0 Å². The number of nitrogens with one attached hydrogen (secondary N) is 2. The zero-order valence-electron chi connectivity index (χ0n) is 14.9. The first-order valence-electron chi connectivity index (χ1n) is 8.51. The first kappa shape index (κ1) is 18.7. The molecule has 140 valence electrons. The van der Waals surface area contributed by atoms with Gasteiger partial charge in [0, 0.05) is 71.6 Å². The Kier molecular flexibility index (Phi) is 6.35. The Bertz CT molecular complexity index is 1110. The molecular weight excluding hydrogens is 354 g/mol. The zero-order valence-corrected chi connectivity index (χ0v) is 14.9. The molecule has 3 N–H and O–H groups in total. The minimum absolute atomic E-state index is 0.896. The van der Waals surface area contributed by atoms with Crippen molar-refractivity contribution in [3.63, 3.8) is 0 Å². The molecule has 0 bridgehead atoms. The fraction of sp³-hybridized carbons (Fsp3) is 0. The molecule has 0 saturated heterocycles. The van der Waals surface area contributed by atoms with Gasteiger partial charge in [-0.25, -0.2) is 4.79 Å². The van der Waals surface area contributed by atoms with Crippen LogP contribution in [0.2, 0.25) is 0 Å². The molecule has 2 aromatic rings. The SMILES string of the molecule is O=C(O)N1C=CNC=CC=NC=c2c(cnc3ccccc23)=CC=CNC=C1. The molecule has 1 aliphatic rings. The van der Waals surface area contributed by atoms with Crippen LogP contribution < -0.4 is 21.1 Å². The van der Waals surface area contributed by atoms with Crippen molar-refractivity contribution in [2.45, 2.75) is 0 Å². The van der Waals surface area contributed by atoms with E-state index in [1.54, 1.807) is 37.1 Å². The van der Waals surface area contributed by atoms with Gasteiger partial charge in [0.1, 0.15) is 0 Å². The van der Waals surface area contributed by atoms with Crippen LogP contribution >= 0.6 is 0 Å². The molecule has 28 heavy (non-hydrogen) atoms. The molecule has 3 rings (SSSR count). The zero-order chi connectivity index (χ0) is 19.6. The van der Waals surface area contributed by atoms with Crippen molar-refractivity contribution in [1.29, 1.82) is 0 Å². The van der Waals surface area contributed by atoms with E-state index in [0.717, 1.165) is 26.2 Å². The van der Waals surface area contributed by atoms with Crippen LogP contribution in [0, 0.1) is 0 Å². The maximum atomic E-state index is 11.2. The average molecular weight is 373 g/mol. The molecule has 7 nitrogen and oxygen atoms in total. The van der Waals surface area contributed by atoms with Gasteiger partial charge in [0.25, 0.3) is 0 Å².